The fraction of sp³-hybridized carbons (Fsp3) is 0.967. The van der Waals surface area contributed by atoms with Crippen molar-refractivity contribution in [2.45, 2.75) is 180 Å². The first-order valence-corrected chi connectivity index (χ1v) is 15.0. The normalized spacial score (nSPS) is 15.8. The van der Waals surface area contributed by atoms with Gasteiger partial charge in [-0.05, 0) is 18.8 Å². The molecule has 0 amide bonds. The minimum Gasteiger partial charge on any atom is -0.462 e. The van der Waals surface area contributed by atoms with Crippen LogP contribution in [-0.4, -0.2) is 12.1 Å². The van der Waals surface area contributed by atoms with Gasteiger partial charge in [-0.15, -0.1) is 0 Å². The van der Waals surface area contributed by atoms with Crippen LogP contribution in [-0.2, 0) is 9.53 Å². The Kier molecular flexibility index (Phi) is 20.5. The molecule has 0 N–H and O–H groups in total. The Bertz CT molecular complexity index is 374. The fourth-order valence-electron chi connectivity index (χ4n) is 5.22. The summed E-state index contributed by atoms with van der Waals surface area (Å²) in [6.07, 6.45) is 34.5. The summed E-state index contributed by atoms with van der Waals surface area (Å²) in [5, 5.41) is 0. The maximum Gasteiger partial charge on any atom is 0.309 e. The van der Waals surface area contributed by atoms with Gasteiger partial charge in [-0.25, -0.2) is 0 Å². The van der Waals surface area contributed by atoms with Crippen molar-refractivity contribution >= 4 is 5.97 Å². The largest absolute Gasteiger partial charge is 0.462 e. The third-order valence-corrected chi connectivity index (χ3v) is 7.52. The molecule has 0 aromatic rings. The van der Waals surface area contributed by atoms with E-state index in [2.05, 4.69) is 13.8 Å². The molecule has 0 saturated carbocycles. The Labute approximate surface area is 202 Å². The molecule has 1 heterocycles. The maximum absolute atomic E-state index is 11.1. The van der Waals surface area contributed by atoms with E-state index in [1.807, 2.05) is 0 Å². The smallest absolute Gasteiger partial charge is 0.309 e. The lowest BCUT2D eigenvalue weighted by atomic mass is 9.88. The fourth-order valence-corrected chi connectivity index (χ4v) is 5.22. The Morgan fingerprint density at radius 2 is 0.938 bits per heavy atom. The molecule has 1 fully saturated rings. The quantitative estimate of drug-likeness (QED) is 0.102. The molecule has 1 aliphatic heterocycles. The van der Waals surface area contributed by atoms with Crippen molar-refractivity contribution in [2.24, 2.45) is 5.92 Å². The van der Waals surface area contributed by atoms with Crippen LogP contribution >= 0.6 is 0 Å². The van der Waals surface area contributed by atoms with Crippen molar-refractivity contribution < 1.29 is 9.53 Å². The van der Waals surface area contributed by atoms with Gasteiger partial charge in [0.2, 0.25) is 0 Å². The summed E-state index contributed by atoms with van der Waals surface area (Å²) >= 11 is 0. The molecule has 2 heteroatoms. The Hall–Kier alpha value is -0.530. The van der Waals surface area contributed by atoms with Crippen LogP contribution in [0.5, 0.6) is 0 Å². The van der Waals surface area contributed by atoms with Crippen LogP contribution in [0.25, 0.3) is 0 Å². The SMILES string of the molecule is CCCCCCCCCCCCC(CCCCCCCCCCCC)CCC1CC(=O)O1. The van der Waals surface area contributed by atoms with E-state index < -0.39 is 0 Å². The molecule has 0 aromatic carbocycles. The number of rotatable bonds is 25. The van der Waals surface area contributed by atoms with Crippen LogP contribution in [0.3, 0.4) is 0 Å². The summed E-state index contributed by atoms with van der Waals surface area (Å²) < 4.78 is 5.26. The van der Waals surface area contributed by atoms with Crippen molar-refractivity contribution in [2.75, 3.05) is 0 Å². The predicted octanol–water partition coefficient (Wildman–Crippen LogP) is 10.3. The number of carbonyl (C=O) groups is 1. The molecule has 1 rings (SSSR count). The highest BCUT2D eigenvalue weighted by Crippen LogP contribution is 2.27. The van der Waals surface area contributed by atoms with Crippen LogP contribution in [0.2, 0.25) is 0 Å². The van der Waals surface area contributed by atoms with E-state index in [0.717, 1.165) is 12.3 Å². The van der Waals surface area contributed by atoms with E-state index in [-0.39, 0.29) is 12.1 Å². The predicted molar refractivity (Wildman–Crippen MR) is 140 cm³/mol. The first-order valence-electron chi connectivity index (χ1n) is 15.0. The number of unbranched alkanes of at least 4 members (excludes halogenated alkanes) is 18. The lowest BCUT2D eigenvalue weighted by Crippen LogP contribution is -2.32. The van der Waals surface area contributed by atoms with Crippen LogP contribution in [0.15, 0.2) is 0 Å². The van der Waals surface area contributed by atoms with Gasteiger partial charge >= 0.3 is 5.97 Å². The summed E-state index contributed by atoms with van der Waals surface area (Å²) in [6.45, 7) is 4.59. The minimum atomic E-state index is 0.0101. The molecule has 1 unspecified atom stereocenters. The van der Waals surface area contributed by atoms with Crippen LogP contribution in [0.4, 0.5) is 0 Å². The second-order valence-corrected chi connectivity index (χ2v) is 10.7. The zero-order chi connectivity index (χ0) is 23.1. The number of ether oxygens (including phenoxy) is 1. The molecule has 1 atom stereocenters. The van der Waals surface area contributed by atoms with Gasteiger partial charge in [0, 0.05) is 0 Å². The standard InChI is InChI=1S/C30H58O2/c1-3-5-7-9-11-13-15-17-19-21-23-28(25-26-29-27-30(31)32-29)24-22-20-18-16-14-12-10-8-6-4-2/h28-29H,3-27H2,1-2H3. The number of esters is 1. The average Bonchev–Trinajstić information content (AvgIpc) is 2.77. The summed E-state index contributed by atoms with van der Waals surface area (Å²) in [4.78, 5) is 11.1. The molecule has 1 aliphatic rings. The molecule has 32 heavy (non-hydrogen) atoms. The van der Waals surface area contributed by atoms with Crippen LogP contribution < -0.4 is 0 Å². The van der Waals surface area contributed by atoms with Crippen molar-refractivity contribution in [3.63, 3.8) is 0 Å². The van der Waals surface area contributed by atoms with E-state index in [0.29, 0.717) is 6.42 Å². The number of carbonyl (C=O) groups excluding carboxylic acids is 1. The lowest BCUT2D eigenvalue weighted by Gasteiger charge is -2.27. The molecule has 0 aliphatic carbocycles. The van der Waals surface area contributed by atoms with Gasteiger partial charge in [0.25, 0.3) is 0 Å². The third kappa shape index (κ3) is 18.0. The summed E-state index contributed by atoms with van der Waals surface area (Å²) in [5.41, 5.74) is 0. The molecule has 0 spiro atoms. The molecule has 0 bridgehead atoms. The van der Waals surface area contributed by atoms with Crippen molar-refractivity contribution in [1.29, 1.82) is 0 Å². The maximum atomic E-state index is 11.1. The van der Waals surface area contributed by atoms with E-state index in [1.165, 1.54) is 148 Å². The summed E-state index contributed by atoms with van der Waals surface area (Å²) in [5.74, 6) is 0.869. The third-order valence-electron chi connectivity index (χ3n) is 7.52. The Morgan fingerprint density at radius 3 is 1.28 bits per heavy atom. The molecule has 0 radical (unpaired) electrons. The second-order valence-electron chi connectivity index (χ2n) is 10.7. The Balaban J connectivity index is 2.03. The number of hydrogen-bond acceptors (Lipinski definition) is 2. The van der Waals surface area contributed by atoms with Gasteiger partial charge in [0.05, 0.1) is 6.42 Å². The monoisotopic (exact) mass is 450 g/mol. The van der Waals surface area contributed by atoms with Crippen molar-refractivity contribution in [1.82, 2.24) is 0 Å². The van der Waals surface area contributed by atoms with Gasteiger partial charge in [-0.2, -0.15) is 0 Å². The first-order chi connectivity index (χ1) is 15.8. The van der Waals surface area contributed by atoms with Crippen LogP contribution in [0, 0.1) is 5.92 Å². The van der Waals surface area contributed by atoms with E-state index in [9.17, 15) is 4.79 Å². The lowest BCUT2D eigenvalue weighted by molar-refractivity contribution is -0.170. The molecule has 2 nitrogen and oxygen atoms in total. The number of cyclic esters (lactones) is 1. The summed E-state index contributed by atoms with van der Waals surface area (Å²) in [7, 11) is 0. The van der Waals surface area contributed by atoms with Gasteiger partial charge < -0.3 is 4.74 Å². The Morgan fingerprint density at radius 1 is 0.594 bits per heavy atom. The first kappa shape index (κ1) is 29.5. The van der Waals surface area contributed by atoms with Gasteiger partial charge in [0.1, 0.15) is 6.10 Å². The van der Waals surface area contributed by atoms with E-state index >= 15 is 0 Å². The second kappa shape index (κ2) is 22.3. The zero-order valence-electron chi connectivity index (χ0n) is 22.1. The molecule has 190 valence electrons. The topological polar surface area (TPSA) is 26.3 Å². The molecule has 0 aromatic heterocycles. The van der Waals surface area contributed by atoms with Crippen molar-refractivity contribution in [3.8, 4) is 0 Å². The zero-order valence-corrected chi connectivity index (χ0v) is 22.1. The number of hydrogen-bond donors (Lipinski definition) is 0. The van der Waals surface area contributed by atoms with Crippen LogP contribution in [0.1, 0.15) is 174 Å². The summed E-state index contributed by atoms with van der Waals surface area (Å²) in [6, 6.07) is 0. The van der Waals surface area contributed by atoms with Gasteiger partial charge in [-0.3, -0.25) is 4.79 Å². The molecular weight excluding hydrogens is 392 g/mol. The highest BCUT2D eigenvalue weighted by atomic mass is 16.6. The van der Waals surface area contributed by atoms with E-state index in [1.54, 1.807) is 0 Å². The molecular formula is C30H58O2. The highest BCUT2D eigenvalue weighted by Gasteiger charge is 2.28. The highest BCUT2D eigenvalue weighted by molar-refractivity contribution is 5.75. The average molecular weight is 451 g/mol. The van der Waals surface area contributed by atoms with Crippen molar-refractivity contribution in [3.05, 3.63) is 0 Å². The van der Waals surface area contributed by atoms with Gasteiger partial charge in [0.15, 0.2) is 0 Å². The minimum absolute atomic E-state index is 0.0101. The van der Waals surface area contributed by atoms with Gasteiger partial charge in [-0.1, -0.05) is 155 Å². The molecule has 1 saturated heterocycles. The van der Waals surface area contributed by atoms with E-state index in [4.69, 9.17) is 4.74 Å².